The first kappa shape index (κ1) is 23.5. The van der Waals surface area contributed by atoms with E-state index in [0.29, 0.717) is 24.9 Å². The van der Waals surface area contributed by atoms with Crippen LogP contribution >= 0.6 is 11.6 Å². The van der Waals surface area contributed by atoms with Crippen LogP contribution in [-0.2, 0) is 15.8 Å². The molecule has 0 saturated carbocycles. The molecule has 31 heavy (non-hydrogen) atoms. The summed E-state index contributed by atoms with van der Waals surface area (Å²) in [5, 5.41) is 3.13. The Hall–Kier alpha value is -2.17. The van der Waals surface area contributed by atoms with Crippen LogP contribution in [0.4, 0.5) is 0 Å². The molecule has 3 aromatic rings. The highest BCUT2D eigenvalue weighted by Crippen LogP contribution is 2.36. The van der Waals surface area contributed by atoms with E-state index >= 15 is 0 Å². The molecule has 0 amide bonds. The van der Waals surface area contributed by atoms with Gasteiger partial charge in [-0.05, 0) is 27.1 Å². The monoisotopic (exact) mass is 450 g/mol. The van der Waals surface area contributed by atoms with Crippen molar-refractivity contribution in [3.8, 4) is 0 Å². The Kier molecular flexibility index (Phi) is 8.27. The third kappa shape index (κ3) is 5.96. The highest BCUT2D eigenvalue weighted by atomic mass is 35.5. The molecular weight excluding hydrogens is 420 g/mol. The fourth-order valence-corrected chi connectivity index (χ4v) is 8.55. The van der Waals surface area contributed by atoms with Gasteiger partial charge >= 0.3 is 0 Å². The largest absolute Gasteiger partial charge is 0.404 e. The lowest BCUT2D eigenvalue weighted by Crippen LogP contribution is -2.66. The summed E-state index contributed by atoms with van der Waals surface area (Å²) >= 11 is 6.45. The molecule has 0 heterocycles. The van der Waals surface area contributed by atoms with Crippen molar-refractivity contribution in [2.24, 2.45) is 0 Å². The molecule has 0 aliphatic rings. The fourth-order valence-electron chi connectivity index (χ4n) is 3.92. The van der Waals surface area contributed by atoms with E-state index in [1.807, 2.05) is 36.4 Å². The van der Waals surface area contributed by atoms with Gasteiger partial charge in [-0.25, -0.2) is 0 Å². The minimum Gasteiger partial charge on any atom is -0.404 e. The second kappa shape index (κ2) is 10.9. The first-order chi connectivity index (χ1) is 14.9. The van der Waals surface area contributed by atoms with Gasteiger partial charge < -0.3 is 9.16 Å². The Morgan fingerprint density at radius 1 is 0.806 bits per heavy atom. The molecule has 0 aliphatic carbocycles. The van der Waals surface area contributed by atoms with Crippen LogP contribution in [-0.4, -0.2) is 21.5 Å². The molecule has 0 N–H and O–H groups in total. The van der Waals surface area contributed by atoms with Gasteiger partial charge in [0.15, 0.2) is 0 Å². The maximum atomic E-state index is 6.82. The van der Waals surface area contributed by atoms with Crippen LogP contribution in [0.5, 0.6) is 0 Å². The lowest BCUT2D eigenvalue weighted by molar-refractivity contribution is 0.146. The van der Waals surface area contributed by atoms with E-state index in [0.717, 1.165) is 5.56 Å². The standard InChI is InChI=1S/C27H31ClO2Si/c1-27(2,3)31(25-15-9-5-10-16-25,26-17-11-6-12-18-26)30-20-19-24(28)22-29-21-23-13-7-4-8-14-23/h4-19H,20-22H2,1-3H3/b24-19-. The van der Waals surface area contributed by atoms with Gasteiger partial charge in [0.25, 0.3) is 8.32 Å². The molecule has 0 atom stereocenters. The van der Waals surface area contributed by atoms with E-state index in [1.54, 1.807) is 0 Å². The van der Waals surface area contributed by atoms with Crippen LogP contribution in [0.25, 0.3) is 0 Å². The van der Waals surface area contributed by atoms with Crippen molar-refractivity contribution in [1.82, 2.24) is 0 Å². The predicted octanol–water partition coefficient (Wildman–Crippen LogP) is 5.90. The quantitative estimate of drug-likeness (QED) is 0.377. The highest BCUT2D eigenvalue weighted by Gasteiger charge is 2.49. The first-order valence-electron chi connectivity index (χ1n) is 10.6. The number of halogens is 1. The van der Waals surface area contributed by atoms with Gasteiger partial charge in [0.1, 0.15) is 0 Å². The Morgan fingerprint density at radius 3 is 1.77 bits per heavy atom. The average molecular weight is 451 g/mol. The smallest absolute Gasteiger partial charge is 0.261 e. The molecule has 3 aromatic carbocycles. The van der Waals surface area contributed by atoms with Gasteiger partial charge in [-0.2, -0.15) is 0 Å². The van der Waals surface area contributed by atoms with Gasteiger partial charge in [0.2, 0.25) is 0 Å². The molecule has 0 saturated heterocycles. The van der Waals surface area contributed by atoms with Crippen molar-refractivity contribution in [3.63, 3.8) is 0 Å². The summed E-state index contributed by atoms with van der Waals surface area (Å²) in [5.41, 5.74) is 1.13. The zero-order valence-electron chi connectivity index (χ0n) is 18.6. The highest BCUT2D eigenvalue weighted by molar-refractivity contribution is 6.99. The van der Waals surface area contributed by atoms with Gasteiger partial charge in [-0.1, -0.05) is 123 Å². The van der Waals surface area contributed by atoms with Crippen LogP contribution in [0.3, 0.4) is 0 Å². The molecule has 3 rings (SSSR count). The SMILES string of the molecule is CC(C)(C)[Si](OC/C=C(\Cl)COCc1ccccc1)(c1ccccc1)c1ccccc1. The Balaban J connectivity index is 1.77. The Morgan fingerprint density at radius 2 is 1.29 bits per heavy atom. The third-order valence-corrected chi connectivity index (χ3v) is 10.6. The summed E-state index contributed by atoms with van der Waals surface area (Å²) in [6.07, 6.45) is 1.94. The number of ether oxygens (including phenoxy) is 1. The van der Waals surface area contributed by atoms with E-state index in [-0.39, 0.29) is 5.04 Å². The molecule has 4 heteroatoms. The molecule has 2 nitrogen and oxygen atoms in total. The van der Waals surface area contributed by atoms with E-state index in [4.69, 9.17) is 20.8 Å². The van der Waals surface area contributed by atoms with Crippen LogP contribution in [0.2, 0.25) is 5.04 Å². The second-order valence-corrected chi connectivity index (χ2v) is 13.4. The Bertz CT molecular complexity index is 911. The van der Waals surface area contributed by atoms with Crippen LogP contribution in [0.15, 0.2) is 102 Å². The molecule has 162 valence electrons. The van der Waals surface area contributed by atoms with E-state index in [1.165, 1.54) is 10.4 Å². The van der Waals surface area contributed by atoms with Crippen LogP contribution in [0.1, 0.15) is 26.3 Å². The zero-order chi connectivity index (χ0) is 22.2. The summed E-state index contributed by atoms with van der Waals surface area (Å²) in [6, 6.07) is 31.4. The van der Waals surface area contributed by atoms with Crippen molar-refractivity contribution in [1.29, 1.82) is 0 Å². The van der Waals surface area contributed by atoms with Crippen molar-refractivity contribution >= 4 is 30.3 Å². The minimum absolute atomic E-state index is 0.0557. The minimum atomic E-state index is -2.54. The molecule has 0 bridgehead atoms. The number of benzene rings is 3. The Labute approximate surface area is 192 Å². The topological polar surface area (TPSA) is 18.5 Å². The zero-order valence-corrected chi connectivity index (χ0v) is 20.3. The lowest BCUT2D eigenvalue weighted by atomic mass is 10.2. The fraction of sp³-hybridized carbons (Fsp3) is 0.259. The van der Waals surface area contributed by atoms with E-state index in [2.05, 4.69) is 81.4 Å². The normalized spacial score (nSPS) is 12.7. The van der Waals surface area contributed by atoms with Gasteiger partial charge in [-0.3, -0.25) is 0 Å². The molecular formula is C27H31ClO2Si. The van der Waals surface area contributed by atoms with Gasteiger partial charge in [0.05, 0.1) is 19.8 Å². The lowest BCUT2D eigenvalue weighted by Gasteiger charge is -2.42. The molecule has 0 unspecified atom stereocenters. The molecule has 0 aromatic heterocycles. The maximum absolute atomic E-state index is 6.82. The summed E-state index contributed by atoms with van der Waals surface area (Å²) in [4.78, 5) is 0. The van der Waals surface area contributed by atoms with Crippen LogP contribution in [0, 0.1) is 0 Å². The third-order valence-electron chi connectivity index (χ3n) is 5.37. The van der Waals surface area contributed by atoms with Crippen LogP contribution < -0.4 is 10.4 Å². The maximum Gasteiger partial charge on any atom is 0.261 e. The summed E-state index contributed by atoms with van der Waals surface area (Å²) < 4.78 is 12.6. The van der Waals surface area contributed by atoms with Crippen molar-refractivity contribution in [3.05, 3.63) is 108 Å². The predicted molar refractivity (Wildman–Crippen MR) is 134 cm³/mol. The average Bonchev–Trinajstić information content (AvgIpc) is 2.78. The van der Waals surface area contributed by atoms with Crippen molar-refractivity contribution in [2.75, 3.05) is 13.2 Å². The van der Waals surface area contributed by atoms with E-state index in [9.17, 15) is 0 Å². The van der Waals surface area contributed by atoms with Gasteiger partial charge in [0, 0.05) is 5.03 Å². The molecule has 0 aliphatic heterocycles. The summed E-state index contributed by atoms with van der Waals surface area (Å²) in [5.74, 6) is 0. The first-order valence-corrected chi connectivity index (χ1v) is 12.9. The van der Waals surface area contributed by atoms with Crippen molar-refractivity contribution < 1.29 is 9.16 Å². The van der Waals surface area contributed by atoms with Gasteiger partial charge in [-0.15, -0.1) is 0 Å². The number of hydrogen-bond acceptors (Lipinski definition) is 2. The van der Waals surface area contributed by atoms with E-state index < -0.39 is 8.32 Å². The second-order valence-electron chi connectivity index (χ2n) is 8.60. The number of hydrogen-bond donors (Lipinski definition) is 0. The molecule has 0 spiro atoms. The van der Waals surface area contributed by atoms with Crippen molar-refractivity contribution in [2.45, 2.75) is 32.4 Å². The summed E-state index contributed by atoms with van der Waals surface area (Å²) in [6.45, 7) is 8.18. The summed E-state index contributed by atoms with van der Waals surface area (Å²) in [7, 11) is -2.54. The number of rotatable bonds is 9. The molecule has 0 radical (unpaired) electrons. The molecule has 0 fully saturated rings.